The molecule has 0 saturated carbocycles. The van der Waals surface area contributed by atoms with Crippen molar-refractivity contribution < 1.29 is 14.2 Å². The van der Waals surface area contributed by atoms with Gasteiger partial charge in [0.25, 0.3) is 0 Å². The zero-order chi connectivity index (χ0) is 12.3. The molecule has 1 aromatic rings. The number of fused-ring (bicyclic) bond motifs is 1. The van der Waals surface area contributed by atoms with Crippen molar-refractivity contribution >= 4 is 0 Å². The Hall–Kier alpha value is -1.26. The van der Waals surface area contributed by atoms with Gasteiger partial charge in [-0.2, -0.15) is 0 Å². The van der Waals surface area contributed by atoms with Crippen molar-refractivity contribution in [1.82, 2.24) is 5.32 Å². The summed E-state index contributed by atoms with van der Waals surface area (Å²) in [7, 11) is 1.92. The number of hydrogen-bond acceptors (Lipinski definition) is 4. The van der Waals surface area contributed by atoms with E-state index in [1.54, 1.807) is 0 Å². The van der Waals surface area contributed by atoms with Gasteiger partial charge in [-0.3, -0.25) is 0 Å². The van der Waals surface area contributed by atoms with Crippen LogP contribution >= 0.6 is 0 Å². The maximum atomic E-state index is 5.88. The van der Waals surface area contributed by atoms with Crippen LogP contribution in [0.5, 0.6) is 11.5 Å². The lowest BCUT2D eigenvalue weighted by Gasteiger charge is -2.20. The summed E-state index contributed by atoms with van der Waals surface area (Å²) in [6, 6.07) is 5.95. The molecule has 4 nitrogen and oxygen atoms in total. The van der Waals surface area contributed by atoms with Crippen molar-refractivity contribution in [3.8, 4) is 11.5 Å². The first-order chi connectivity index (χ1) is 8.20. The Morgan fingerprint density at radius 2 is 2.06 bits per heavy atom. The molecule has 0 bridgehead atoms. The molecule has 0 aromatic heterocycles. The molecule has 1 unspecified atom stereocenters. The minimum Gasteiger partial charge on any atom is -0.454 e. The Morgan fingerprint density at radius 1 is 1.29 bits per heavy atom. The van der Waals surface area contributed by atoms with Gasteiger partial charge in [0.15, 0.2) is 11.5 Å². The predicted octanol–water partition coefficient (Wildman–Crippen LogP) is 2.10. The number of hydrogen-bond donors (Lipinski definition) is 1. The molecule has 0 aliphatic carbocycles. The molecule has 94 valence electrons. The fourth-order valence-electron chi connectivity index (χ4n) is 1.87. The van der Waals surface area contributed by atoms with Crippen molar-refractivity contribution in [2.45, 2.75) is 26.1 Å². The van der Waals surface area contributed by atoms with E-state index in [2.05, 4.69) is 5.32 Å². The summed E-state index contributed by atoms with van der Waals surface area (Å²) in [5.41, 5.74) is 1.11. The molecule has 0 amide bonds. The molecule has 0 saturated heterocycles. The van der Waals surface area contributed by atoms with Crippen LogP contribution in [0.15, 0.2) is 18.2 Å². The second-order valence-electron chi connectivity index (χ2n) is 4.34. The van der Waals surface area contributed by atoms with Crippen LogP contribution < -0.4 is 14.8 Å². The molecular formula is C13H19NO3. The van der Waals surface area contributed by atoms with Gasteiger partial charge in [-0.1, -0.05) is 6.07 Å². The molecule has 1 aliphatic heterocycles. The van der Waals surface area contributed by atoms with Gasteiger partial charge in [-0.15, -0.1) is 0 Å². The number of likely N-dealkylation sites (N-methyl/N-ethyl adjacent to an activating group) is 1. The Bertz CT molecular complexity index is 379. The molecule has 1 aliphatic rings. The Balaban J connectivity index is 2.17. The highest BCUT2D eigenvalue weighted by Gasteiger charge is 2.18. The topological polar surface area (TPSA) is 39.7 Å². The van der Waals surface area contributed by atoms with Crippen molar-refractivity contribution in [3.05, 3.63) is 23.8 Å². The summed E-state index contributed by atoms with van der Waals surface area (Å²) in [5.74, 6) is 1.61. The van der Waals surface area contributed by atoms with Gasteiger partial charge >= 0.3 is 0 Å². The van der Waals surface area contributed by atoms with Gasteiger partial charge < -0.3 is 19.5 Å². The first-order valence-electron chi connectivity index (χ1n) is 5.90. The van der Waals surface area contributed by atoms with E-state index < -0.39 is 0 Å². The zero-order valence-corrected chi connectivity index (χ0v) is 10.5. The molecular weight excluding hydrogens is 218 g/mol. The highest BCUT2D eigenvalue weighted by Crippen LogP contribution is 2.35. The van der Waals surface area contributed by atoms with Crippen LogP contribution in [-0.2, 0) is 4.74 Å². The van der Waals surface area contributed by atoms with Crippen molar-refractivity contribution in [2.24, 2.45) is 0 Å². The molecule has 0 radical (unpaired) electrons. The quantitative estimate of drug-likeness (QED) is 0.851. The predicted molar refractivity (Wildman–Crippen MR) is 65.5 cm³/mol. The first kappa shape index (κ1) is 12.2. The largest absolute Gasteiger partial charge is 0.454 e. The van der Waals surface area contributed by atoms with E-state index in [1.807, 2.05) is 39.1 Å². The molecule has 1 atom stereocenters. The summed E-state index contributed by atoms with van der Waals surface area (Å²) in [6.45, 7) is 5.16. The van der Waals surface area contributed by atoms with Crippen molar-refractivity contribution in [1.29, 1.82) is 0 Å². The third kappa shape index (κ3) is 2.90. The van der Waals surface area contributed by atoms with Gasteiger partial charge in [0.1, 0.15) is 0 Å². The summed E-state index contributed by atoms with van der Waals surface area (Å²) >= 11 is 0. The molecule has 1 N–H and O–H groups in total. The van der Waals surface area contributed by atoms with Crippen LogP contribution in [0.1, 0.15) is 25.5 Å². The average molecular weight is 237 g/mol. The van der Waals surface area contributed by atoms with E-state index >= 15 is 0 Å². The van der Waals surface area contributed by atoms with Gasteiger partial charge in [0.05, 0.1) is 12.2 Å². The van der Waals surface area contributed by atoms with E-state index in [0.29, 0.717) is 6.79 Å². The van der Waals surface area contributed by atoms with E-state index in [9.17, 15) is 0 Å². The summed E-state index contributed by atoms with van der Waals surface area (Å²) < 4.78 is 16.5. The van der Waals surface area contributed by atoms with Crippen LogP contribution in [0.2, 0.25) is 0 Å². The highest BCUT2D eigenvalue weighted by atomic mass is 16.7. The van der Waals surface area contributed by atoms with Gasteiger partial charge in [0.2, 0.25) is 6.79 Å². The second kappa shape index (κ2) is 5.38. The van der Waals surface area contributed by atoms with Crippen molar-refractivity contribution in [3.63, 3.8) is 0 Å². The lowest BCUT2D eigenvalue weighted by molar-refractivity contribution is 0.00805. The van der Waals surface area contributed by atoms with Gasteiger partial charge in [0, 0.05) is 6.54 Å². The molecule has 4 heteroatoms. The first-order valence-corrected chi connectivity index (χ1v) is 5.90. The van der Waals surface area contributed by atoms with Crippen LogP contribution in [0.25, 0.3) is 0 Å². The van der Waals surface area contributed by atoms with E-state index in [1.165, 1.54) is 0 Å². The monoisotopic (exact) mass is 237 g/mol. The maximum absolute atomic E-state index is 5.88. The molecule has 1 aromatic carbocycles. The van der Waals surface area contributed by atoms with E-state index in [0.717, 1.165) is 23.6 Å². The van der Waals surface area contributed by atoms with Gasteiger partial charge in [-0.05, 0) is 38.6 Å². The SMILES string of the molecule is CNCC(OC(C)C)c1ccc2c(c1)OCO2. The third-order valence-corrected chi connectivity index (χ3v) is 2.59. The Morgan fingerprint density at radius 3 is 2.76 bits per heavy atom. The fraction of sp³-hybridized carbons (Fsp3) is 0.538. The Kier molecular flexibility index (Phi) is 3.86. The minimum atomic E-state index is 0.0366. The molecule has 17 heavy (non-hydrogen) atoms. The number of ether oxygens (including phenoxy) is 3. The molecule has 2 rings (SSSR count). The smallest absolute Gasteiger partial charge is 0.231 e. The van der Waals surface area contributed by atoms with Crippen LogP contribution in [0.3, 0.4) is 0 Å². The lowest BCUT2D eigenvalue weighted by Crippen LogP contribution is -2.22. The lowest BCUT2D eigenvalue weighted by atomic mass is 10.1. The Labute approximate surface area is 102 Å². The summed E-state index contributed by atoms with van der Waals surface area (Å²) in [6.07, 6.45) is 0.230. The normalized spacial score (nSPS) is 15.3. The molecule has 0 spiro atoms. The van der Waals surface area contributed by atoms with Crippen LogP contribution in [0, 0.1) is 0 Å². The maximum Gasteiger partial charge on any atom is 0.231 e. The zero-order valence-electron chi connectivity index (χ0n) is 10.5. The summed E-state index contributed by atoms with van der Waals surface area (Å²) in [5, 5.41) is 3.14. The number of nitrogens with one attached hydrogen (secondary N) is 1. The minimum absolute atomic E-state index is 0.0366. The summed E-state index contributed by atoms with van der Waals surface area (Å²) in [4.78, 5) is 0. The van der Waals surface area contributed by atoms with Gasteiger partial charge in [-0.25, -0.2) is 0 Å². The van der Waals surface area contributed by atoms with Crippen LogP contribution in [0.4, 0.5) is 0 Å². The van der Waals surface area contributed by atoms with E-state index in [-0.39, 0.29) is 12.2 Å². The van der Waals surface area contributed by atoms with Crippen molar-refractivity contribution in [2.75, 3.05) is 20.4 Å². The molecule has 0 fully saturated rings. The molecule has 1 heterocycles. The third-order valence-electron chi connectivity index (χ3n) is 2.59. The van der Waals surface area contributed by atoms with Crippen LogP contribution in [-0.4, -0.2) is 26.5 Å². The highest BCUT2D eigenvalue weighted by molar-refractivity contribution is 5.45. The number of benzene rings is 1. The standard InChI is InChI=1S/C13H19NO3/c1-9(2)17-13(7-14-3)10-4-5-11-12(6-10)16-8-15-11/h4-6,9,13-14H,7-8H2,1-3H3. The fourth-order valence-corrected chi connectivity index (χ4v) is 1.87. The number of rotatable bonds is 5. The second-order valence-corrected chi connectivity index (χ2v) is 4.34. The average Bonchev–Trinajstić information content (AvgIpc) is 2.74. The van der Waals surface area contributed by atoms with E-state index in [4.69, 9.17) is 14.2 Å².